The van der Waals surface area contributed by atoms with Gasteiger partial charge in [-0.1, -0.05) is 24.3 Å². The van der Waals surface area contributed by atoms with Crippen molar-refractivity contribution in [2.45, 2.75) is 17.2 Å². The van der Waals surface area contributed by atoms with Crippen molar-refractivity contribution in [3.05, 3.63) is 77.7 Å². The first-order valence-electron chi connectivity index (χ1n) is 10.4. The molecule has 4 amide bonds. The van der Waals surface area contributed by atoms with E-state index < -0.39 is 24.4 Å². The van der Waals surface area contributed by atoms with E-state index in [1.165, 1.54) is 17.8 Å². The lowest BCUT2D eigenvalue weighted by Crippen LogP contribution is -2.38. The van der Waals surface area contributed by atoms with Crippen LogP contribution in [-0.4, -0.2) is 39.3 Å². The minimum Gasteiger partial charge on any atom is -0.450 e. The van der Waals surface area contributed by atoms with Gasteiger partial charge < -0.3 is 20.0 Å². The van der Waals surface area contributed by atoms with Gasteiger partial charge >= 0.3 is 6.03 Å². The van der Waals surface area contributed by atoms with Crippen LogP contribution in [0.1, 0.15) is 11.3 Å². The van der Waals surface area contributed by atoms with Crippen LogP contribution in [-0.2, 0) is 9.59 Å². The number of aromatic amines is 1. The maximum absolute atomic E-state index is 12.7. The summed E-state index contributed by atoms with van der Waals surface area (Å²) in [4.78, 5) is 45.9. The Morgan fingerprint density at radius 3 is 2.82 bits per heavy atom. The molecule has 0 saturated carbocycles. The number of urea groups is 1. The van der Waals surface area contributed by atoms with E-state index in [4.69, 9.17) is 4.42 Å². The lowest BCUT2D eigenvalue weighted by atomic mass is 10.2. The van der Waals surface area contributed by atoms with Crippen molar-refractivity contribution in [2.24, 2.45) is 0 Å². The zero-order valence-electron chi connectivity index (χ0n) is 18.0. The van der Waals surface area contributed by atoms with E-state index in [1.54, 1.807) is 24.3 Å². The molecule has 0 aliphatic carbocycles. The fourth-order valence-electron chi connectivity index (χ4n) is 3.46. The molecule has 10 heteroatoms. The zero-order valence-corrected chi connectivity index (χ0v) is 18.8. The molecule has 4 aromatic rings. The number of aryl methyl sites for hydroxylation is 1. The largest absolute Gasteiger partial charge is 0.450 e. The number of aromatic nitrogens is 2. The fourth-order valence-corrected chi connectivity index (χ4v) is 4.23. The minimum atomic E-state index is -0.668. The Labute approximate surface area is 198 Å². The number of para-hydroxylation sites is 2. The lowest BCUT2D eigenvalue weighted by Gasteiger charge is -2.12. The Balaban J connectivity index is 1.24. The number of rotatable bonds is 6. The molecule has 2 aromatic heterocycles. The van der Waals surface area contributed by atoms with Crippen LogP contribution in [0.15, 0.2) is 81.0 Å². The molecule has 170 valence electrons. The van der Waals surface area contributed by atoms with E-state index in [0.717, 1.165) is 21.5 Å². The Morgan fingerprint density at radius 2 is 2.00 bits per heavy atom. The number of carbonyl (C=O) groups is 3. The van der Waals surface area contributed by atoms with Gasteiger partial charge in [-0.25, -0.2) is 14.7 Å². The van der Waals surface area contributed by atoms with Crippen LogP contribution in [0.3, 0.4) is 0 Å². The molecule has 1 fully saturated rings. The third-order valence-corrected chi connectivity index (χ3v) is 5.83. The van der Waals surface area contributed by atoms with Crippen LogP contribution in [0.4, 0.5) is 10.5 Å². The SMILES string of the molecule is Cc1cccc(NC(=O)CN2C(=O)N/C(=C/c3ccc(Sc4nc5ccccc5[nH]4)o3)C2=O)c1. The molecule has 2 aromatic carbocycles. The molecule has 3 heterocycles. The lowest BCUT2D eigenvalue weighted by molar-refractivity contribution is -0.127. The monoisotopic (exact) mass is 473 g/mol. The summed E-state index contributed by atoms with van der Waals surface area (Å²) < 4.78 is 5.76. The molecule has 1 saturated heterocycles. The number of hydrogen-bond acceptors (Lipinski definition) is 6. The summed E-state index contributed by atoms with van der Waals surface area (Å²) in [6.07, 6.45) is 1.43. The highest BCUT2D eigenvalue weighted by Gasteiger charge is 2.35. The topological polar surface area (TPSA) is 120 Å². The molecule has 34 heavy (non-hydrogen) atoms. The first-order chi connectivity index (χ1) is 16.4. The molecule has 0 unspecified atom stereocenters. The van der Waals surface area contributed by atoms with E-state index in [-0.39, 0.29) is 5.70 Å². The van der Waals surface area contributed by atoms with Gasteiger partial charge in [0, 0.05) is 11.8 Å². The molecular formula is C24H19N5O4S. The van der Waals surface area contributed by atoms with E-state index in [1.807, 2.05) is 43.3 Å². The van der Waals surface area contributed by atoms with Gasteiger partial charge in [-0.2, -0.15) is 0 Å². The smallest absolute Gasteiger partial charge is 0.329 e. The number of H-pyrrole nitrogens is 1. The number of furan rings is 1. The summed E-state index contributed by atoms with van der Waals surface area (Å²) in [5.74, 6) is -0.696. The van der Waals surface area contributed by atoms with Crippen LogP contribution in [0.25, 0.3) is 17.1 Å². The Kier molecular flexibility index (Phi) is 5.64. The molecule has 9 nitrogen and oxygen atoms in total. The average Bonchev–Trinajstić information content (AvgIpc) is 3.48. The number of nitrogens with one attached hydrogen (secondary N) is 3. The molecular weight excluding hydrogens is 454 g/mol. The van der Waals surface area contributed by atoms with Crippen molar-refractivity contribution in [1.82, 2.24) is 20.2 Å². The second-order valence-corrected chi connectivity index (χ2v) is 8.61. The summed E-state index contributed by atoms with van der Waals surface area (Å²) in [5, 5.41) is 6.42. The third kappa shape index (κ3) is 4.57. The molecule has 5 rings (SSSR count). The number of fused-ring (bicyclic) bond motifs is 1. The predicted molar refractivity (Wildman–Crippen MR) is 127 cm³/mol. The van der Waals surface area contributed by atoms with Gasteiger partial charge in [0.2, 0.25) is 5.91 Å². The molecule has 0 radical (unpaired) electrons. The number of carbonyl (C=O) groups excluding carboxylic acids is 3. The summed E-state index contributed by atoms with van der Waals surface area (Å²) in [7, 11) is 0. The van der Waals surface area contributed by atoms with E-state index >= 15 is 0 Å². The standard InChI is InChI=1S/C24H19N5O4S/c1-14-5-4-6-15(11-14)25-20(30)13-29-22(31)19(28-24(29)32)12-16-9-10-21(33-16)34-23-26-17-7-2-3-8-18(17)27-23/h2-12H,13H2,1H3,(H,25,30)(H,26,27)(H,28,32)/b19-12+. The first-order valence-corrected chi connectivity index (χ1v) is 11.2. The second kappa shape index (κ2) is 8.91. The van der Waals surface area contributed by atoms with Crippen LogP contribution < -0.4 is 10.6 Å². The number of nitrogens with zero attached hydrogens (tertiary/aromatic N) is 2. The summed E-state index contributed by atoms with van der Waals surface area (Å²) in [6, 6.07) is 17.7. The Hall–Kier alpha value is -4.31. The van der Waals surface area contributed by atoms with Gasteiger partial charge in [0.25, 0.3) is 5.91 Å². The molecule has 0 bridgehead atoms. The van der Waals surface area contributed by atoms with Gasteiger partial charge in [0.15, 0.2) is 10.2 Å². The number of benzene rings is 2. The number of imide groups is 1. The van der Waals surface area contributed by atoms with Crippen LogP contribution in [0, 0.1) is 6.92 Å². The van der Waals surface area contributed by atoms with E-state index in [2.05, 4.69) is 20.6 Å². The molecule has 0 atom stereocenters. The van der Waals surface area contributed by atoms with Gasteiger partial charge in [-0.3, -0.25) is 9.59 Å². The summed E-state index contributed by atoms with van der Waals surface area (Å²) >= 11 is 1.31. The normalized spacial score (nSPS) is 14.7. The zero-order chi connectivity index (χ0) is 23.7. The van der Waals surface area contributed by atoms with Crippen molar-refractivity contribution >= 4 is 52.4 Å². The maximum Gasteiger partial charge on any atom is 0.329 e. The van der Waals surface area contributed by atoms with Crippen molar-refractivity contribution in [1.29, 1.82) is 0 Å². The van der Waals surface area contributed by atoms with Crippen LogP contribution in [0.5, 0.6) is 0 Å². The predicted octanol–water partition coefficient (Wildman–Crippen LogP) is 4.15. The van der Waals surface area contributed by atoms with Crippen molar-refractivity contribution in [3.63, 3.8) is 0 Å². The Bertz CT molecular complexity index is 1420. The summed E-state index contributed by atoms with van der Waals surface area (Å²) in [5.41, 5.74) is 3.38. The van der Waals surface area contributed by atoms with E-state index in [9.17, 15) is 14.4 Å². The van der Waals surface area contributed by atoms with Gasteiger partial charge in [-0.15, -0.1) is 0 Å². The summed E-state index contributed by atoms with van der Waals surface area (Å²) in [6.45, 7) is 1.50. The molecule has 1 aliphatic heterocycles. The highest BCUT2D eigenvalue weighted by atomic mass is 32.2. The van der Waals surface area contributed by atoms with E-state index in [0.29, 0.717) is 21.7 Å². The highest BCUT2D eigenvalue weighted by molar-refractivity contribution is 7.99. The van der Waals surface area contributed by atoms with Crippen LogP contribution in [0.2, 0.25) is 0 Å². The number of imidazole rings is 1. The maximum atomic E-state index is 12.7. The van der Waals surface area contributed by atoms with Gasteiger partial charge in [0.05, 0.1) is 11.0 Å². The van der Waals surface area contributed by atoms with Crippen molar-refractivity contribution in [3.8, 4) is 0 Å². The number of hydrogen-bond donors (Lipinski definition) is 3. The van der Waals surface area contributed by atoms with Crippen molar-refractivity contribution in [2.75, 3.05) is 11.9 Å². The Morgan fingerprint density at radius 1 is 1.15 bits per heavy atom. The third-order valence-electron chi connectivity index (χ3n) is 5.02. The number of amides is 4. The fraction of sp³-hybridized carbons (Fsp3) is 0.0833. The highest BCUT2D eigenvalue weighted by Crippen LogP contribution is 2.29. The first kappa shape index (κ1) is 21.5. The minimum absolute atomic E-state index is 0.0305. The van der Waals surface area contributed by atoms with Crippen molar-refractivity contribution < 1.29 is 18.8 Å². The molecule has 3 N–H and O–H groups in total. The number of anilines is 1. The molecule has 1 aliphatic rings. The van der Waals surface area contributed by atoms with Crippen LogP contribution >= 0.6 is 11.8 Å². The second-order valence-electron chi connectivity index (χ2n) is 7.62. The molecule has 0 spiro atoms. The van der Waals surface area contributed by atoms with Gasteiger partial charge in [0.1, 0.15) is 18.0 Å². The quantitative estimate of drug-likeness (QED) is 0.286. The van der Waals surface area contributed by atoms with Gasteiger partial charge in [-0.05, 0) is 60.6 Å². The average molecular weight is 474 g/mol.